The molecule has 6 rings (SSSR count). The highest BCUT2D eigenvalue weighted by Crippen LogP contribution is 2.34. The molecule has 178 valence electrons. The van der Waals surface area contributed by atoms with E-state index in [1.165, 1.54) is 16.8 Å². The first-order chi connectivity index (χ1) is 16.6. The second-order valence-corrected chi connectivity index (χ2v) is 11.2. The molecule has 9 heteroatoms. The first kappa shape index (κ1) is 21.7. The summed E-state index contributed by atoms with van der Waals surface area (Å²) in [6.45, 7) is 3.20. The number of nitrogens with zero attached hydrogens (tertiary/aromatic N) is 5. The molecule has 1 amide bonds. The third kappa shape index (κ3) is 3.89. The van der Waals surface area contributed by atoms with Crippen molar-refractivity contribution in [3.05, 3.63) is 41.1 Å². The van der Waals surface area contributed by atoms with Crippen molar-refractivity contribution in [3.63, 3.8) is 0 Å². The number of hydrogen-bond donors (Lipinski definition) is 1. The van der Waals surface area contributed by atoms with E-state index in [9.17, 15) is 9.00 Å². The van der Waals surface area contributed by atoms with E-state index in [1.807, 2.05) is 7.05 Å². The smallest absolute Gasteiger partial charge is 0.227 e. The van der Waals surface area contributed by atoms with Crippen LogP contribution in [0, 0.1) is 5.92 Å². The highest BCUT2D eigenvalue weighted by Gasteiger charge is 2.32. The zero-order chi connectivity index (χ0) is 23.2. The molecule has 0 bridgehead atoms. The van der Waals surface area contributed by atoms with Crippen LogP contribution in [0.15, 0.2) is 34.2 Å². The van der Waals surface area contributed by atoms with E-state index < -0.39 is 10.8 Å². The lowest BCUT2D eigenvalue weighted by Gasteiger charge is -2.33. The van der Waals surface area contributed by atoms with Crippen LogP contribution in [0.2, 0.25) is 0 Å². The van der Waals surface area contributed by atoms with E-state index in [0.29, 0.717) is 30.5 Å². The SMILES string of the molecule is CN1C[C@@H](Nc2nc(N3CCC(C4=NCc5ccccc54)CC3)nc3c2S(=O)CC3)CCC1=O. The van der Waals surface area contributed by atoms with Gasteiger partial charge in [-0.2, -0.15) is 4.98 Å². The second-order valence-electron chi connectivity index (χ2n) is 9.72. The van der Waals surface area contributed by atoms with E-state index in [4.69, 9.17) is 15.0 Å². The lowest BCUT2D eigenvalue weighted by Crippen LogP contribution is -2.43. The lowest BCUT2D eigenvalue weighted by atomic mass is 9.88. The van der Waals surface area contributed by atoms with Crippen molar-refractivity contribution in [2.24, 2.45) is 10.9 Å². The van der Waals surface area contributed by atoms with Gasteiger partial charge in [0.1, 0.15) is 10.7 Å². The summed E-state index contributed by atoms with van der Waals surface area (Å²) in [5, 5.41) is 3.52. The van der Waals surface area contributed by atoms with Crippen molar-refractivity contribution in [1.29, 1.82) is 0 Å². The van der Waals surface area contributed by atoms with Crippen LogP contribution in [-0.2, 0) is 28.6 Å². The molecular weight excluding hydrogens is 448 g/mol. The zero-order valence-electron chi connectivity index (χ0n) is 19.5. The fraction of sp³-hybridized carbons (Fsp3) is 0.520. The molecule has 34 heavy (non-hydrogen) atoms. The molecule has 2 fully saturated rings. The minimum absolute atomic E-state index is 0.110. The number of carbonyl (C=O) groups excluding carboxylic acids is 1. The predicted octanol–water partition coefficient (Wildman–Crippen LogP) is 2.39. The zero-order valence-corrected chi connectivity index (χ0v) is 20.3. The summed E-state index contributed by atoms with van der Waals surface area (Å²) in [6, 6.07) is 8.68. The number of anilines is 2. The Balaban J connectivity index is 1.20. The van der Waals surface area contributed by atoms with Gasteiger partial charge in [-0.25, -0.2) is 4.98 Å². The van der Waals surface area contributed by atoms with Gasteiger partial charge < -0.3 is 15.1 Å². The first-order valence-corrected chi connectivity index (χ1v) is 13.6. The van der Waals surface area contributed by atoms with Crippen molar-refractivity contribution in [2.45, 2.75) is 49.6 Å². The van der Waals surface area contributed by atoms with Gasteiger partial charge in [-0.05, 0) is 24.8 Å². The number of nitrogens with one attached hydrogen (secondary N) is 1. The number of likely N-dealkylation sites (N-methyl/N-ethyl adjacent to an activating group) is 1. The Morgan fingerprint density at radius 3 is 2.74 bits per heavy atom. The maximum atomic E-state index is 12.7. The van der Waals surface area contributed by atoms with Crippen LogP contribution >= 0.6 is 0 Å². The van der Waals surface area contributed by atoms with Crippen molar-refractivity contribution in [2.75, 3.05) is 42.7 Å². The number of carbonyl (C=O) groups is 1. The summed E-state index contributed by atoms with van der Waals surface area (Å²) in [5.74, 6) is 2.67. The molecule has 1 aromatic heterocycles. The molecule has 4 aliphatic rings. The number of likely N-dealkylation sites (tertiary alicyclic amines) is 1. The molecule has 1 aromatic carbocycles. The van der Waals surface area contributed by atoms with Gasteiger partial charge in [-0.1, -0.05) is 24.3 Å². The molecule has 1 N–H and O–H groups in total. The fourth-order valence-electron chi connectivity index (χ4n) is 5.61. The quantitative estimate of drug-likeness (QED) is 0.726. The third-order valence-corrected chi connectivity index (χ3v) is 8.98. The summed E-state index contributed by atoms with van der Waals surface area (Å²) in [4.78, 5) is 31.3. The molecule has 2 atom stereocenters. The number of hydrogen-bond acceptors (Lipinski definition) is 7. The van der Waals surface area contributed by atoms with Gasteiger partial charge in [0.2, 0.25) is 11.9 Å². The number of piperidine rings is 2. The minimum Gasteiger partial charge on any atom is -0.364 e. The number of aliphatic imine (C=N–C) groups is 1. The summed E-state index contributed by atoms with van der Waals surface area (Å²) in [5.41, 5.74) is 4.82. The predicted molar refractivity (Wildman–Crippen MR) is 133 cm³/mol. The van der Waals surface area contributed by atoms with Crippen LogP contribution in [0.3, 0.4) is 0 Å². The summed E-state index contributed by atoms with van der Waals surface area (Å²) < 4.78 is 12.7. The van der Waals surface area contributed by atoms with Crippen LogP contribution < -0.4 is 10.2 Å². The third-order valence-electron chi connectivity index (χ3n) is 7.52. The van der Waals surface area contributed by atoms with Crippen LogP contribution in [0.25, 0.3) is 0 Å². The van der Waals surface area contributed by atoms with Crippen molar-refractivity contribution < 1.29 is 9.00 Å². The van der Waals surface area contributed by atoms with Crippen molar-refractivity contribution >= 4 is 34.2 Å². The molecular formula is C25H30N6O2S. The largest absolute Gasteiger partial charge is 0.364 e. The molecule has 2 aromatic rings. The molecule has 4 aliphatic heterocycles. The standard InChI is InChI=1S/C25H30N6O2S/c1-30-15-18(6-7-21(30)32)27-24-23-20(10-13-34(23)33)28-25(29-24)31-11-8-16(9-12-31)22-19-5-3-2-4-17(19)14-26-22/h2-5,16,18H,6-15H2,1H3,(H,27,28,29)/t18-,34?/m0/s1. The van der Waals surface area contributed by atoms with E-state index in [0.717, 1.165) is 61.9 Å². The number of fused-ring (bicyclic) bond motifs is 2. The van der Waals surface area contributed by atoms with Gasteiger partial charge >= 0.3 is 0 Å². The van der Waals surface area contributed by atoms with Crippen molar-refractivity contribution in [1.82, 2.24) is 14.9 Å². The number of amides is 1. The summed E-state index contributed by atoms with van der Waals surface area (Å²) in [7, 11) is 0.761. The number of aryl methyl sites for hydroxylation is 1. The summed E-state index contributed by atoms with van der Waals surface area (Å²) in [6.07, 6.45) is 4.06. The molecule has 0 spiro atoms. The van der Waals surface area contributed by atoms with Gasteiger partial charge in [0, 0.05) is 68.5 Å². The first-order valence-electron chi connectivity index (χ1n) is 12.2. The topological polar surface area (TPSA) is 90.8 Å². The Hall–Kier alpha value is -2.81. The van der Waals surface area contributed by atoms with Gasteiger partial charge in [0.15, 0.2) is 0 Å². The average Bonchev–Trinajstić information content (AvgIpc) is 3.45. The fourth-order valence-corrected chi connectivity index (χ4v) is 6.93. The molecule has 0 aliphatic carbocycles. The lowest BCUT2D eigenvalue weighted by molar-refractivity contribution is -0.132. The number of benzene rings is 1. The average molecular weight is 479 g/mol. The van der Waals surface area contributed by atoms with Crippen LogP contribution in [0.5, 0.6) is 0 Å². The maximum Gasteiger partial charge on any atom is 0.227 e. The molecule has 0 saturated carbocycles. The Bertz CT molecular complexity index is 1190. The van der Waals surface area contributed by atoms with Crippen LogP contribution in [-0.4, -0.2) is 69.2 Å². The van der Waals surface area contributed by atoms with Gasteiger partial charge in [-0.3, -0.25) is 14.0 Å². The number of rotatable bonds is 4. The molecule has 1 unspecified atom stereocenters. The van der Waals surface area contributed by atoms with E-state index in [2.05, 4.69) is 34.5 Å². The molecule has 0 radical (unpaired) electrons. The molecule has 8 nitrogen and oxygen atoms in total. The molecule has 5 heterocycles. The van der Waals surface area contributed by atoms with Gasteiger partial charge in [0.25, 0.3) is 0 Å². The monoisotopic (exact) mass is 478 g/mol. The van der Waals surface area contributed by atoms with Gasteiger partial charge in [-0.15, -0.1) is 0 Å². The van der Waals surface area contributed by atoms with E-state index in [1.54, 1.807) is 4.90 Å². The van der Waals surface area contributed by atoms with Gasteiger partial charge in [0.05, 0.1) is 23.0 Å². The van der Waals surface area contributed by atoms with E-state index >= 15 is 0 Å². The van der Waals surface area contributed by atoms with E-state index in [-0.39, 0.29) is 11.9 Å². The Labute approximate surface area is 202 Å². The van der Waals surface area contributed by atoms with Crippen molar-refractivity contribution in [3.8, 4) is 0 Å². The van der Waals surface area contributed by atoms with Crippen LogP contribution in [0.4, 0.5) is 11.8 Å². The Morgan fingerprint density at radius 1 is 1.09 bits per heavy atom. The Morgan fingerprint density at radius 2 is 1.91 bits per heavy atom. The highest BCUT2D eigenvalue weighted by molar-refractivity contribution is 7.85. The number of aromatic nitrogens is 2. The summed E-state index contributed by atoms with van der Waals surface area (Å²) >= 11 is 0. The highest BCUT2D eigenvalue weighted by atomic mass is 32.2. The second kappa shape index (κ2) is 8.76. The normalized spacial score (nSPS) is 24.7. The Kier molecular flexibility index (Phi) is 5.59. The minimum atomic E-state index is -1.07. The molecule has 2 saturated heterocycles. The maximum absolute atomic E-state index is 12.7. The van der Waals surface area contributed by atoms with Crippen LogP contribution in [0.1, 0.15) is 42.5 Å².